The van der Waals surface area contributed by atoms with Gasteiger partial charge in [-0.15, -0.1) is 0 Å². The zero-order valence-electron chi connectivity index (χ0n) is 7.22. The predicted molar refractivity (Wildman–Crippen MR) is 57.9 cm³/mol. The molecule has 2 radical (unpaired) electrons. The van der Waals surface area contributed by atoms with Crippen molar-refractivity contribution >= 4 is 24.5 Å². The first-order chi connectivity index (χ1) is 6.45. The fourth-order valence-electron chi connectivity index (χ4n) is 1.15. The number of hydrogen-bond donors (Lipinski definition) is 0. The molecule has 0 nitrogen and oxygen atoms in total. The van der Waals surface area contributed by atoms with Crippen LogP contribution in [0.3, 0.4) is 0 Å². The van der Waals surface area contributed by atoms with E-state index in [2.05, 4.69) is 60.7 Å². The summed E-state index contributed by atoms with van der Waals surface area (Å²) >= 11 is 0.177. The molecular formula is C12H10As+. The third-order valence-electron chi connectivity index (χ3n) is 1.77. The predicted octanol–water partition coefficient (Wildman–Crippen LogP) is 1.34. The van der Waals surface area contributed by atoms with E-state index in [9.17, 15) is 0 Å². The van der Waals surface area contributed by atoms with Gasteiger partial charge in [0.05, 0.1) is 0 Å². The summed E-state index contributed by atoms with van der Waals surface area (Å²) in [6.45, 7) is 0. The van der Waals surface area contributed by atoms with Gasteiger partial charge in [-0.1, -0.05) is 0 Å². The van der Waals surface area contributed by atoms with Crippen LogP contribution in [0, 0.1) is 0 Å². The molecule has 0 fully saturated rings. The van der Waals surface area contributed by atoms with Gasteiger partial charge in [0.1, 0.15) is 0 Å². The normalized spacial score (nSPS) is 9.85. The molecule has 62 valence electrons. The average Bonchev–Trinajstić information content (AvgIpc) is 2.21. The zero-order valence-corrected chi connectivity index (χ0v) is 9.10. The van der Waals surface area contributed by atoms with Gasteiger partial charge < -0.3 is 0 Å². The molecule has 0 aromatic heterocycles. The van der Waals surface area contributed by atoms with Gasteiger partial charge >= 0.3 is 85.1 Å². The van der Waals surface area contributed by atoms with Gasteiger partial charge in [-0.2, -0.15) is 0 Å². The van der Waals surface area contributed by atoms with E-state index < -0.39 is 0 Å². The van der Waals surface area contributed by atoms with Gasteiger partial charge in [-0.25, -0.2) is 0 Å². The monoisotopic (exact) mass is 229 g/mol. The first-order valence-electron chi connectivity index (χ1n) is 4.27. The van der Waals surface area contributed by atoms with Crippen molar-refractivity contribution in [2.24, 2.45) is 0 Å². The fraction of sp³-hybridized carbons (Fsp3) is 0. The summed E-state index contributed by atoms with van der Waals surface area (Å²) in [5.41, 5.74) is 0. The van der Waals surface area contributed by atoms with Crippen molar-refractivity contribution in [1.29, 1.82) is 0 Å². The van der Waals surface area contributed by atoms with Crippen molar-refractivity contribution in [2.75, 3.05) is 0 Å². The maximum atomic E-state index is 2.20. The van der Waals surface area contributed by atoms with E-state index in [1.165, 1.54) is 8.70 Å². The van der Waals surface area contributed by atoms with Crippen LogP contribution in [-0.4, -0.2) is 15.8 Å². The molecule has 0 saturated heterocycles. The van der Waals surface area contributed by atoms with Gasteiger partial charge in [0.25, 0.3) is 0 Å². The van der Waals surface area contributed by atoms with E-state index in [4.69, 9.17) is 0 Å². The molecule has 0 aliphatic carbocycles. The van der Waals surface area contributed by atoms with Crippen LogP contribution in [0.2, 0.25) is 0 Å². The second-order valence-electron chi connectivity index (χ2n) is 2.78. The number of benzene rings is 2. The van der Waals surface area contributed by atoms with Crippen LogP contribution in [0.25, 0.3) is 0 Å². The summed E-state index contributed by atoms with van der Waals surface area (Å²) in [7, 11) is 0. The Morgan fingerprint density at radius 2 is 0.923 bits per heavy atom. The van der Waals surface area contributed by atoms with E-state index in [0.29, 0.717) is 0 Å². The molecular weight excluding hydrogens is 219 g/mol. The molecule has 0 unspecified atom stereocenters. The van der Waals surface area contributed by atoms with Crippen LogP contribution in [0.4, 0.5) is 0 Å². The number of hydrogen-bond acceptors (Lipinski definition) is 0. The van der Waals surface area contributed by atoms with Crippen molar-refractivity contribution in [3.8, 4) is 0 Å². The summed E-state index contributed by atoms with van der Waals surface area (Å²) in [5.74, 6) is 0. The molecule has 0 amide bonds. The molecule has 0 heterocycles. The van der Waals surface area contributed by atoms with E-state index in [-0.39, 0.29) is 15.8 Å². The molecule has 0 saturated carbocycles. The van der Waals surface area contributed by atoms with Crippen LogP contribution in [0.1, 0.15) is 0 Å². The fourth-order valence-corrected chi connectivity index (χ4v) is 3.13. The first-order valence-corrected chi connectivity index (χ1v) is 6.15. The van der Waals surface area contributed by atoms with Crippen molar-refractivity contribution in [2.45, 2.75) is 0 Å². The third-order valence-corrected chi connectivity index (χ3v) is 4.11. The molecule has 13 heavy (non-hydrogen) atoms. The standard InChI is InChI=1S/C12H10As/c1-3-7-11(8-4-1)13-12-9-5-2-6-10-12/h1-10H/q+1. The topological polar surface area (TPSA) is 0 Å². The molecule has 0 spiro atoms. The molecule has 0 aliphatic heterocycles. The average molecular weight is 229 g/mol. The third kappa shape index (κ3) is 2.47. The van der Waals surface area contributed by atoms with E-state index in [0.717, 1.165) is 0 Å². The second-order valence-corrected chi connectivity index (χ2v) is 5.42. The van der Waals surface area contributed by atoms with E-state index in [1.54, 1.807) is 0 Å². The minimum absolute atomic E-state index is 0.177. The Balaban J connectivity index is 2.16. The Morgan fingerprint density at radius 3 is 1.31 bits per heavy atom. The van der Waals surface area contributed by atoms with E-state index in [1.807, 2.05) is 0 Å². The quantitative estimate of drug-likeness (QED) is 0.682. The Bertz CT molecular complexity index is 316. The van der Waals surface area contributed by atoms with Crippen LogP contribution < -0.4 is 8.70 Å². The van der Waals surface area contributed by atoms with Gasteiger partial charge in [0.15, 0.2) is 0 Å². The van der Waals surface area contributed by atoms with Crippen LogP contribution >= 0.6 is 0 Å². The van der Waals surface area contributed by atoms with Crippen molar-refractivity contribution in [1.82, 2.24) is 0 Å². The summed E-state index contributed by atoms with van der Waals surface area (Å²) in [4.78, 5) is 0. The first kappa shape index (κ1) is 8.59. The molecule has 1 heteroatoms. The Hall–Kier alpha value is -1.00. The molecule has 2 aromatic rings. The summed E-state index contributed by atoms with van der Waals surface area (Å²) in [6, 6.07) is 21.4. The number of rotatable bonds is 2. The van der Waals surface area contributed by atoms with Gasteiger partial charge in [-0.05, 0) is 0 Å². The van der Waals surface area contributed by atoms with Gasteiger partial charge in [0, 0.05) is 0 Å². The minimum atomic E-state index is 0.177. The van der Waals surface area contributed by atoms with Gasteiger partial charge in [-0.3, -0.25) is 0 Å². The molecule has 0 bridgehead atoms. The Labute approximate surface area is 85.3 Å². The molecule has 2 rings (SSSR count). The van der Waals surface area contributed by atoms with E-state index >= 15 is 0 Å². The van der Waals surface area contributed by atoms with Gasteiger partial charge in [0.2, 0.25) is 0 Å². The molecule has 0 N–H and O–H groups in total. The summed E-state index contributed by atoms with van der Waals surface area (Å²) < 4.78 is 2.93. The molecule has 0 aliphatic rings. The summed E-state index contributed by atoms with van der Waals surface area (Å²) in [5, 5.41) is 0. The van der Waals surface area contributed by atoms with Crippen molar-refractivity contribution in [3.05, 3.63) is 60.7 Å². The summed E-state index contributed by atoms with van der Waals surface area (Å²) in [6.07, 6.45) is 0. The van der Waals surface area contributed by atoms with Crippen LogP contribution in [-0.2, 0) is 0 Å². The second kappa shape index (κ2) is 4.30. The zero-order chi connectivity index (χ0) is 8.93. The SMILES string of the molecule is c1ccc([As+]c2ccccc2)cc1. The van der Waals surface area contributed by atoms with Crippen LogP contribution in [0.15, 0.2) is 60.7 Å². The van der Waals surface area contributed by atoms with Crippen LogP contribution in [0.5, 0.6) is 0 Å². The maximum absolute atomic E-state index is 2.20. The Kier molecular flexibility index (Phi) is 2.84. The van der Waals surface area contributed by atoms with Crippen molar-refractivity contribution in [3.63, 3.8) is 0 Å². The van der Waals surface area contributed by atoms with Crippen molar-refractivity contribution < 1.29 is 0 Å². The molecule has 2 aromatic carbocycles. The Morgan fingerprint density at radius 1 is 0.538 bits per heavy atom. The molecule has 0 atom stereocenters.